The number of carbonyl (C=O) groups is 1. The first-order valence-electron chi connectivity index (χ1n) is 5.60. The maximum atomic E-state index is 11.9. The number of ether oxygens (including phenoxy) is 1. The third kappa shape index (κ3) is 2.48. The van der Waals surface area contributed by atoms with Crippen LogP contribution in [-0.2, 0) is 6.42 Å². The summed E-state index contributed by atoms with van der Waals surface area (Å²) in [4.78, 5) is 16.0. The lowest BCUT2D eigenvalue weighted by atomic mass is 10.3. The monoisotopic (exact) mass is 246 g/mol. The molecule has 1 aromatic carbocycles. The number of aromatic amines is 1. The van der Waals surface area contributed by atoms with Crippen LogP contribution in [0.25, 0.3) is 0 Å². The number of rotatable bonds is 4. The molecular formula is C12H14N4O2. The number of H-pyrrole nitrogens is 1. The molecule has 6 nitrogen and oxygen atoms in total. The fourth-order valence-corrected chi connectivity index (χ4v) is 1.48. The highest BCUT2D eigenvalue weighted by molar-refractivity contribution is 6.02. The molecule has 2 aromatic rings. The van der Waals surface area contributed by atoms with Gasteiger partial charge in [-0.1, -0.05) is 19.1 Å². The minimum absolute atomic E-state index is 0.123. The second-order valence-corrected chi connectivity index (χ2v) is 3.61. The second-order valence-electron chi connectivity index (χ2n) is 3.61. The number of hydrogen-bond acceptors (Lipinski definition) is 4. The third-order valence-electron chi connectivity index (χ3n) is 2.42. The molecule has 0 aliphatic carbocycles. The molecule has 0 unspecified atom stereocenters. The maximum Gasteiger partial charge on any atom is 0.295 e. The van der Waals surface area contributed by atoms with Crippen LogP contribution >= 0.6 is 0 Å². The van der Waals surface area contributed by atoms with Gasteiger partial charge in [-0.3, -0.25) is 9.89 Å². The van der Waals surface area contributed by atoms with Gasteiger partial charge in [0.05, 0.1) is 12.8 Å². The fraction of sp³-hybridized carbons (Fsp3) is 0.250. The molecule has 1 aromatic heterocycles. The molecule has 94 valence electrons. The average Bonchev–Trinajstić information content (AvgIpc) is 2.88. The molecule has 1 heterocycles. The van der Waals surface area contributed by atoms with Crippen LogP contribution in [0.4, 0.5) is 5.69 Å². The van der Waals surface area contributed by atoms with E-state index in [1.807, 2.05) is 19.1 Å². The van der Waals surface area contributed by atoms with Crippen molar-refractivity contribution in [1.29, 1.82) is 0 Å². The van der Waals surface area contributed by atoms with Crippen LogP contribution in [-0.4, -0.2) is 28.2 Å². The summed E-state index contributed by atoms with van der Waals surface area (Å²) in [5.41, 5.74) is 0.591. The summed E-state index contributed by atoms with van der Waals surface area (Å²) < 4.78 is 5.15. The van der Waals surface area contributed by atoms with E-state index < -0.39 is 0 Å². The van der Waals surface area contributed by atoms with Crippen LogP contribution in [0.5, 0.6) is 5.75 Å². The van der Waals surface area contributed by atoms with Crippen molar-refractivity contribution < 1.29 is 9.53 Å². The van der Waals surface area contributed by atoms with Gasteiger partial charge in [0.25, 0.3) is 5.91 Å². The van der Waals surface area contributed by atoms with E-state index in [2.05, 4.69) is 20.5 Å². The smallest absolute Gasteiger partial charge is 0.295 e. The molecule has 0 atom stereocenters. The minimum atomic E-state index is -0.365. The Morgan fingerprint density at radius 3 is 2.89 bits per heavy atom. The fourth-order valence-electron chi connectivity index (χ4n) is 1.48. The summed E-state index contributed by atoms with van der Waals surface area (Å²) in [6, 6.07) is 7.17. The lowest BCUT2D eigenvalue weighted by molar-refractivity contribution is 0.101. The Morgan fingerprint density at radius 2 is 2.22 bits per heavy atom. The van der Waals surface area contributed by atoms with E-state index in [-0.39, 0.29) is 11.7 Å². The van der Waals surface area contributed by atoms with Gasteiger partial charge in [-0.05, 0) is 12.1 Å². The van der Waals surface area contributed by atoms with Crippen molar-refractivity contribution in [2.45, 2.75) is 13.3 Å². The van der Waals surface area contributed by atoms with Crippen molar-refractivity contribution in [2.24, 2.45) is 0 Å². The van der Waals surface area contributed by atoms with E-state index in [0.717, 1.165) is 0 Å². The second kappa shape index (κ2) is 5.31. The van der Waals surface area contributed by atoms with Crippen molar-refractivity contribution in [3.05, 3.63) is 35.9 Å². The van der Waals surface area contributed by atoms with E-state index in [1.54, 1.807) is 19.2 Å². The Hall–Kier alpha value is -2.37. The van der Waals surface area contributed by atoms with E-state index in [9.17, 15) is 4.79 Å². The Bertz CT molecular complexity index is 551. The zero-order chi connectivity index (χ0) is 13.0. The molecule has 0 saturated heterocycles. The van der Waals surface area contributed by atoms with Gasteiger partial charge >= 0.3 is 0 Å². The number of benzene rings is 1. The topological polar surface area (TPSA) is 79.9 Å². The highest BCUT2D eigenvalue weighted by atomic mass is 16.5. The number of anilines is 1. The van der Waals surface area contributed by atoms with Crippen molar-refractivity contribution in [3.8, 4) is 5.75 Å². The number of nitrogens with zero attached hydrogens (tertiary/aromatic N) is 2. The summed E-state index contributed by atoms with van der Waals surface area (Å²) in [6.07, 6.45) is 0.703. The summed E-state index contributed by atoms with van der Waals surface area (Å²) in [6.45, 7) is 1.93. The third-order valence-corrected chi connectivity index (χ3v) is 2.42. The van der Waals surface area contributed by atoms with Crippen molar-refractivity contribution in [1.82, 2.24) is 15.2 Å². The Kier molecular flexibility index (Phi) is 3.57. The number of nitrogens with one attached hydrogen (secondary N) is 2. The molecule has 2 N–H and O–H groups in total. The molecule has 0 fully saturated rings. The number of hydrogen-bond donors (Lipinski definition) is 2. The predicted octanol–water partition coefficient (Wildman–Crippen LogP) is 1.63. The highest BCUT2D eigenvalue weighted by Crippen LogP contribution is 2.23. The van der Waals surface area contributed by atoms with Crippen LogP contribution in [0.3, 0.4) is 0 Å². The Labute approximate surface area is 104 Å². The lowest BCUT2D eigenvalue weighted by Gasteiger charge is -2.07. The van der Waals surface area contributed by atoms with Gasteiger partial charge in [0, 0.05) is 6.42 Å². The number of methoxy groups -OCH3 is 1. The van der Waals surface area contributed by atoms with Crippen molar-refractivity contribution in [2.75, 3.05) is 12.4 Å². The first-order valence-corrected chi connectivity index (χ1v) is 5.60. The number of carbonyl (C=O) groups excluding carboxylic acids is 1. The first kappa shape index (κ1) is 12.1. The van der Waals surface area contributed by atoms with Crippen LogP contribution in [0.15, 0.2) is 24.3 Å². The quantitative estimate of drug-likeness (QED) is 0.859. The van der Waals surface area contributed by atoms with Crippen LogP contribution in [0, 0.1) is 0 Å². The van der Waals surface area contributed by atoms with Gasteiger partial charge in [0.1, 0.15) is 11.6 Å². The van der Waals surface area contributed by atoms with Gasteiger partial charge in [0.15, 0.2) is 0 Å². The molecule has 0 radical (unpaired) electrons. The van der Waals surface area contributed by atoms with Gasteiger partial charge in [-0.2, -0.15) is 0 Å². The standard InChI is InChI=1S/C12H14N4O2/c1-3-10-14-11(16-15-10)12(17)13-8-6-4-5-7-9(8)18-2/h4-7H,3H2,1-2H3,(H,13,17)(H,14,15,16). The molecule has 6 heteroatoms. The molecular weight excluding hydrogens is 232 g/mol. The highest BCUT2D eigenvalue weighted by Gasteiger charge is 2.13. The van der Waals surface area contributed by atoms with E-state index in [1.165, 1.54) is 0 Å². The first-order chi connectivity index (χ1) is 8.74. The summed E-state index contributed by atoms with van der Waals surface area (Å²) in [5.74, 6) is 1.03. The Morgan fingerprint density at radius 1 is 1.44 bits per heavy atom. The molecule has 0 aliphatic rings. The SMILES string of the molecule is CCc1nc(C(=O)Nc2ccccc2OC)n[nH]1. The molecule has 0 aliphatic heterocycles. The van der Waals surface area contributed by atoms with Gasteiger partial charge in [-0.15, -0.1) is 5.10 Å². The molecule has 0 bridgehead atoms. The summed E-state index contributed by atoms with van der Waals surface area (Å²) in [7, 11) is 1.55. The number of aromatic nitrogens is 3. The van der Waals surface area contributed by atoms with Gasteiger partial charge in [-0.25, -0.2) is 4.98 Å². The maximum absolute atomic E-state index is 11.9. The van der Waals surface area contributed by atoms with Crippen molar-refractivity contribution >= 4 is 11.6 Å². The van der Waals surface area contributed by atoms with Crippen LogP contribution in [0.1, 0.15) is 23.4 Å². The molecule has 0 saturated carbocycles. The van der Waals surface area contributed by atoms with E-state index in [4.69, 9.17) is 4.74 Å². The average molecular weight is 246 g/mol. The van der Waals surface area contributed by atoms with Crippen LogP contribution < -0.4 is 10.1 Å². The zero-order valence-corrected chi connectivity index (χ0v) is 10.2. The number of amides is 1. The van der Waals surface area contributed by atoms with E-state index in [0.29, 0.717) is 23.7 Å². The van der Waals surface area contributed by atoms with Crippen molar-refractivity contribution in [3.63, 3.8) is 0 Å². The van der Waals surface area contributed by atoms with Gasteiger partial charge < -0.3 is 10.1 Å². The predicted molar refractivity (Wildman–Crippen MR) is 66.7 cm³/mol. The van der Waals surface area contributed by atoms with Crippen LogP contribution in [0.2, 0.25) is 0 Å². The minimum Gasteiger partial charge on any atom is -0.495 e. The molecule has 1 amide bonds. The normalized spacial score (nSPS) is 10.1. The van der Waals surface area contributed by atoms with E-state index >= 15 is 0 Å². The largest absolute Gasteiger partial charge is 0.495 e. The number of aryl methyl sites for hydroxylation is 1. The lowest BCUT2D eigenvalue weighted by Crippen LogP contribution is -2.14. The summed E-state index contributed by atoms with van der Waals surface area (Å²) in [5, 5.41) is 9.25. The molecule has 2 rings (SSSR count). The zero-order valence-electron chi connectivity index (χ0n) is 10.2. The Balaban J connectivity index is 2.16. The molecule has 0 spiro atoms. The number of para-hydroxylation sites is 2. The summed E-state index contributed by atoms with van der Waals surface area (Å²) >= 11 is 0. The molecule has 18 heavy (non-hydrogen) atoms. The van der Waals surface area contributed by atoms with Gasteiger partial charge in [0.2, 0.25) is 5.82 Å².